The molecule has 4 nitrogen and oxygen atoms in total. The maximum Gasteiger partial charge on any atom is 0.120 e. The summed E-state index contributed by atoms with van der Waals surface area (Å²) in [7, 11) is 0. The molecule has 20 heavy (non-hydrogen) atoms. The molecule has 0 amide bonds. The number of halogens is 1. The van der Waals surface area contributed by atoms with Gasteiger partial charge in [0, 0.05) is 15.9 Å². The van der Waals surface area contributed by atoms with Gasteiger partial charge in [0.05, 0.1) is 6.54 Å². The van der Waals surface area contributed by atoms with Crippen LogP contribution in [-0.2, 0) is 0 Å². The zero-order valence-corrected chi connectivity index (χ0v) is 13.2. The molecular formula is C15H19BrN2O2. The van der Waals surface area contributed by atoms with Gasteiger partial charge in [-0.1, -0.05) is 22.0 Å². The summed E-state index contributed by atoms with van der Waals surface area (Å²) in [5.74, 6) is 0.742. The molecule has 1 aromatic carbocycles. The molecule has 1 aromatic heterocycles. The van der Waals surface area contributed by atoms with E-state index in [0.29, 0.717) is 6.54 Å². The highest BCUT2D eigenvalue weighted by Crippen LogP contribution is 2.17. The average Bonchev–Trinajstić information content (AvgIpc) is 2.74. The van der Waals surface area contributed by atoms with Crippen molar-refractivity contribution < 1.29 is 9.84 Å². The van der Waals surface area contributed by atoms with Crippen LogP contribution in [0.1, 0.15) is 11.4 Å². The zero-order chi connectivity index (χ0) is 14.5. The van der Waals surface area contributed by atoms with Crippen LogP contribution in [0.15, 0.2) is 40.9 Å². The zero-order valence-electron chi connectivity index (χ0n) is 11.6. The molecule has 2 rings (SSSR count). The Kier molecular flexibility index (Phi) is 5.09. The second-order valence-electron chi connectivity index (χ2n) is 4.74. The van der Waals surface area contributed by atoms with Gasteiger partial charge in [0.2, 0.25) is 0 Å². The van der Waals surface area contributed by atoms with E-state index in [-0.39, 0.29) is 6.61 Å². The Balaban J connectivity index is 1.80. The fourth-order valence-electron chi connectivity index (χ4n) is 1.92. The van der Waals surface area contributed by atoms with Gasteiger partial charge in [-0.3, -0.25) is 4.68 Å². The van der Waals surface area contributed by atoms with E-state index in [1.54, 1.807) is 0 Å². The van der Waals surface area contributed by atoms with Crippen molar-refractivity contribution >= 4 is 15.9 Å². The summed E-state index contributed by atoms with van der Waals surface area (Å²) >= 11 is 3.38. The molecule has 0 aliphatic heterocycles. The minimum Gasteiger partial charge on any atom is -0.491 e. The summed E-state index contributed by atoms with van der Waals surface area (Å²) in [5, 5.41) is 9.95. The van der Waals surface area contributed by atoms with E-state index in [9.17, 15) is 5.11 Å². The molecule has 1 unspecified atom stereocenters. The molecule has 0 spiro atoms. The fraction of sp³-hybridized carbons (Fsp3) is 0.333. The third-order valence-corrected chi connectivity index (χ3v) is 3.49. The number of aromatic nitrogens is 1. The number of ether oxygens (including phenoxy) is 1. The lowest BCUT2D eigenvalue weighted by Gasteiger charge is -2.17. The van der Waals surface area contributed by atoms with Crippen molar-refractivity contribution in [2.24, 2.45) is 0 Å². The molecule has 0 aliphatic carbocycles. The molecule has 108 valence electrons. The van der Waals surface area contributed by atoms with Crippen molar-refractivity contribution in [3.8, 4) is 5.75 Å². The molecule has 1 atom stereocenters. The highest BCUT2D eigenvalue weighted by atomic mass is 79.9. The number of rotatable bonds is 6. The van der Waals surface area contributed by atoms with Crippen LogP contribution in [0.25, 0.3) is 0 Å². The Morgan fingerprint density at radius 1 is 1.25 bits per heavy atom. The highest BCUT2D eigenvalue weighted by Gasteiger charge is 2.07. The first-order chi connectivity index (χ1) is 9.56. The van der Waals surface area contributed by atoms with E-state index >= 15 is 0 Å². The van der Waals surface area contributed by atoms with E-state index in [2.05, 4.69) is 21.4 Å². The molecule has 2 aromatic rings. The molecule has 5 heteroatoms. The van der Waals surface area contributed by atoms with Crippen LogP contribution < -0.4 is 10.2 Å². The summed E-state index contributed by atoms with van der Waals surface area (Å²) in [5.41, 5.74) is 5.41. The van der Waals surface area contributed by atoms with Crippen LogP contribution in [-0.4, -0.2) is 29.0 Å². The van der Waals surface area contributed by atoms with E-state index in [0.717, 1.165) is 21.6 Å². The van der Waals surface area contributed by atoms with Crippen molar-refractivity contribution in [1.29, 1.82) is 0 Å². The van der Waals surface area contributed by atoms with E-state index in [1.807, 2.05) is 54.9 Å². The second kappa shape index (κ2) is 6.81. The molecular weight excluding hydrogens is 320 g/mol. The van der Waals surface area contributed by atoms with Gasteiger partial charge in [-0.25, -0.2) is 0 Å². The van der Waals surface area contributed by atoms with Crippen molar-refractivity contribution in [1.82, 2.24) is 4.68 Å². The number of benzene rings is 1. The Labute approximate surface area is 127 Å². The van der Waals surface area contributed by atoms with E-state index in [4.69, 9.17) is 4.74 Å². The van der Waals surface area contributed by atoms with Crippen molar-refractivity contribution in [3.63, 3.8) is 0 Å². The number of nitrogens with one attached hydrogen (secondary N) is 1. The molecule has 0 radical (unpaired) electrons. The first kappa shape index (κ1) is 14.9. The molecule has 1 heterocycles. The van der Waals surface area contributed by atoms with Gasteiger partial charge in [-0.05, 0) is 44.2 Å². The van der Waals surface area contributed by atoms with Crippen LogP contribution in [0.3, 0.4) is 0 Å². The predicted octanol–water partition coefficient (Wildman–Crippen LogP) is 2.85. The summed E-state index contributed by atoms with van der Waals surface area (Å²) < 4.78 is 8.47. The van der Waals surface area contributed by atoms with Crippen molar-refractivity contribution in [3.05, 3.63) is 52.3 Å². The van der Waals surface area contributed by atoms with Gasteiger partial charge in [0.25, 0.3) is 0 Å². The normalized spacial score (nSPS) is 12.2. The quantitative estimate of drug-likeness (QED) is 0.851. The smallest absolute Gasteiger partial charge is 0.120 e. The molecule has 0 saturated carbocycles. The van der Waals surface area contributed by atoms with Crippen LogP contribution in [0, 0.1) is 13.8 Å². The lowest BCUT2D eigenvalue weighted by atomic mass is 10.3. The summed E-state index contributed by atoms with van der Waals surface area (Å²) in [6.45, 7) is 4.72. The maximum atomic E-state index is 9.95. The number of hydrogen-bond acceptors (Lipinski definition) is 3. The lowest BCUT2D eigenvalue weighted by Crippen LogP contribution is -2.31. The van der Waals surface area contributed by atoms with Crippen LogP contribution in [0.4, 0.5) is 0 Å². The predicted molar refractivity (Wildman–Crippen MR) is 83.8 cm³/mol. The van der Waals surface area contributed by atoms with Crippen LogP contribution in [0.2, 0.25) is 0 Å². The van der Waals surface area contributed by atoms with E-state index < -0.39 is 6.10 Å². The summed E-state index contributed by atoms with van der Waals surface area (Å²) in [6, 6.07) is 11.6. The van der Waals surface area contributed by atoms with Gasteiger partial charge in [0.1, 0.15) is 18.5 Å². The van der Waals surface area contributed by atoms with Gasteiger partial charge in [0.15, 0.2) is 0 Å². The standard InChI is InChI=1S/C15H19BrN2O2/c1-11-6-7-12(2)18(11)17-9-14(19)10-20-15-5-3-4-13(16)8-15/h3-8,14,17,19H,9-10H2,1-2H3. The van der Waals surface area contributed by atoms with Crippen molar-refractivity contribution in [2.45, 2.75) is 20.0 Å². The van der Waals surface area contributed by atoms with Gasteiger partial charge in [-0.15, -0.1) is 0 Å². The average molecular weight is 339 g/mol. The monoisotopic (exact) mass is 338 g/mol. The second-order valence-corrected chi connectivity index (χ2v) is 5.65. The maximum absolute atomic E-state index is 9.95. The first-order valence-electron chi connectivity index (χ1n) is 6.51. The summed E-state index contributed by atoms with van der Waals surface area (Å²) in [6.07, 6.45) is -0.574. The fourth-order valence-corrected chi connectivity index (χ4v) is 2.30. The first-order valence-corrected chi connectivity index (χ1v) is 7.31. The van der Waals surface area contributed by atoms with Crippen LogP contribution in [0.5, 0.6) is 5.75 Å². The third-order valence-electron chi connectivity index (χ3n) is 2.99. The number of nitrogens with zero attached hydrogens (tertiary/aromatic N) is 1. The van der Waals surface area contributed by atoms with Crippen molar-refractivity contribution in [2.75, 3.05) is 18.6 Å². The number of aryl methyl sites for hydroxylation is 2. The topological polar surface area (TPSA) is 46.4 Å². The third kappa shape index (κ3) is 4.02. The highest BCUT2D eigenvalue weighted by molar-refractivity contribution is 9.10. The van der Waals surface area contributed by atoms with Gasteiger partial charge in [-0.2, -0.15) is 0 Å². The Morgan fingerprint density at radius 3 is 2.60 bits per heavy atom. The van der Waals surface area contributed by atoms with E-state index in [1.165, 1.54) is 0 Å². The molecule has 0 bridgehead atoms. The van der Waals surface area contributed by atoms with Crippen LogP contribution >= 0.6 is 15.9 Å². The Hall–Kier alpha value is -1.46. The minimum atomic E-state index is -0.574. The molecule has 2 N–H and O–H groups in total. The van der Waals surface area contributed by atoms with Gasteiger partial charge < -0.3 is 15.3 Å². The van der Waals surface area contributed by atoms with Gasteiger partial charge >= 0.3 is 0 Å². The minimum absolute atomic E-state index is 0.253. The Bertz CT molecular complexity index is 549. The summed E-state index contributed by atoms with van der Waals surface area (Å²) in [4.78, 5) is 0. The molecule has 0 aliphatic rings. The molecule has 0 saturated heterocycles. The number of hydrogen-bond donors (Lipinski definition) is 2. The SMILES string of the molecule is Cc1ccc(C)n1NCC(O)COc1cccc(Br)c1. The molecule has 0 fully saturated rings. The Morgan fingerprint density at radius 2 is 1.95 bits per heavy atom. The largest absolute Gasteiger partial charge is 0.491 e. The number of aliphatic hydroxyl groups is 1. The number of aliphatic hydroxyl groups excluding tert-OH is 1. The lowest BCUT2D eigenvalue weighted by molar-refractivity contribution is 0.115.